The fourth-order valence-corrected chi connectivity index (χ4v) is 2.91. The molecule has 1 aliphatic heterocycles. The van der Waals surface area contributed by atoms with Crippen LogP contribution < -0.4 is 11.1 Å². The SMILES string of the molecule is CC(C)(C)OC(=O)NCc1ccc(Cn2ncc3c2C=C(C(=O)O)CC(N)=N3)cc1. The van der Waals surface area contributed by atoms with E-state index in [4.69, 9.17) is 10.5 Å². The second-order valence-corrected chi connectivity index (χ2v) is 8.00. The van der Waals surface area contributed by atoms with Crippen LogP contribution in [0, 0.1) is 0 Å². The van der Waals surface area contributed by atoms with Crippen LogP contribution >= 0.6 is 0 Å². The molecule has 0 unspecified atom stereocenters. The van der Waals surface area contributed by atoms with Gasteiger partial charge in [-0.15, -0.1) is 0 Å². The molecule has 1 aromatic heterocycles. The minimum Gasteiger partial charge on any atom is -0.478 e. The highest BCUT2D eigenvalue weighted by Gasteiger charge is 2.19. The molecule has 0 atom stereocenters. The maximum atomic E-state index is 11.8. The summed E-state index contributed by atoms with van der Waals surface area (Å²) in [7, 11) is 0. The predicted octanol–water partition coefficient (Wildman–Crippen LogP) is 2.82. The molecule has 9 nitrogen and oxygen atoms in total. The van der Waals surface area contributed by atoms with Crippen molar-refractivity contribution in [2.45, 2.75) is 45.9 Å². The first-order chi connectivity index (χ1) is 14.1. The Labute approximate surface area is 174 Å². The Balaban J connectivity index is 1.69. The maximum Gasteiger partial charge on any atom is 0.407 e. The molecule has 1 aliphatic rings. The van der Waals surface area contributed by atoms with Crippen LogP contribution in [0.2, 0.25) is 0 Å². The van der Waals surface area contributed by atoms with Crippen molar-refractivity contribution in [3.05, 3.63) is 52.9 Å². The Kier molecular flexibility index (Phi) is 5.91. The molecule has 0 radical (unpaired) electrons. The van der Waals surface area contributed by atoms with Gasteiger partial charge in [0.2, 0.25) is 0 Å². The van der Waals surface area contributed by atoms with Gasteiger partial charge in [-0.2, -0.15) is 5.10 Å². The fraction of sp³-hybridized carbons (Fsp3) is 0.333. The normalized spacial score (nSPS) is 13.6. The van der Waals surface area contributed by atoms with Gasteiger partial charge >= 0.3 is 12.1 Å². The third kappa shape index (κ3) is 5.47. The standard InChI is InChI=1S/C21H25N5O4/c1-21(2,3)30-20(29)23-10-13-4-6-14(7-5-13)12-26-17-8-15(19(27)28)9-18(22)25-16(17)11-24-26/h4-8,11H,9-10,12H2,1-3H3,(H2,22,25)(H,23,29)(H,27,28). The van der Waals surface area contributed by atoms with Crippen LogP contribution in [0.1, 0.15) is 44.0 Å². The first-order valence-electron chi connectivity index (χ1n) is 9.48. The molecule has 0 bridgehead atoms. The van der Waals surface area contributed by atoms with E-state index in [2.05, 4.69) is 15.4 Å². The van der Waals surface area contributed by atoms with Crippen LogP contribution in [-0.2, 0) is 22.6 Å². The number of nitrogens with zero attached hydrogens (tertiary/aromatic N) is 3. The van der Waals surface area contributed by atoms with Gasteiger partial charge in [-0.1, -0.05) is 24.3 Å². The number of amidine groups is 1. The van der Waals surface area contributed by atoms with Crippen LogP contribution in [0.4, 0.5) is 10.5 Å². The summed E-state index contributed by atoms with van der Waals surface area (Å²) in [5.41, 5.74) is 8.47. The van der Waals surface area contributed by atoms with Gasteiger partial charge in [-0.05, 0) is 38.0 Å². The van der Waals surface area contributed by atoms with Gasteiger partial charge in [-0.3, -0.25) is 4.68 Å². The summed E-state index contributed by atoms with van der Waals surface area (Å²) in [4.78, 5) is 27.4. The number of nitrogens with one attached hydrogen (secondary N) is 1. The number of aliphatic carboxylic acids is 1. The zero-order valence-corrected chi connectivity index (χ0v) is 17.2. The van der Waals surface area contributed by atoms with Crippen LogP contribution in [0.15, 0.2) is 41.0 Å². The van der Waals surface area contributed by atoms with E-state index < -0.39 is 17.7 Å². The average molecular weight is 411 g/mol. The lowest BCUT2D eigenvalue weighted by Gasteiger charge is -2.19. The van der Waals surface area contributed by atoms with Crippen LogP contribution in [-0.4, -0.2) is 38.4 Å². The first kappa shape index (κ1) is 21.1. The molecule has 3 rings (SSSR count). The summed E-state index contributed by atoms with van der Waals surface area (Å²) in [6, 6.07) is 7.67. The number of carbonyl (C=O) groups is 2. The number of nitrogens with two attached hydrogens (primary N) is 1. The number of aliphatic imine (C=N–C) groups is 1. The van der Waals surface area contributed by atoms with Gasteiger partial charge in [0, 0.05) is 18.5 Å². The number of ether oxygens (including phenoxy) is 1. The summed E-state index contributed by atoms with van der Waals surface area (Å²) < 4.78 is 6.91. The molecule has 0 fully saturated rings. The number of carboxylic acid groups (broad SMARTS) is 1. The lowest BCUT2D eigenvalue weighted by Crippen LogP contribution is -2.32. The largest absolute Gasteiger partial charge is 0.478 e. The molecule has 2 heterocycles. The second-order valence-electron chi connectivity index (χ2n) is 8.00. The summed E-state index contributed by atoms with van der Waals surface area (Å²) >= 11 is 0. The fourth-order valence-electron chi connectivity index (χ4n) is 2.91. The molecule has 158 valence electrons. The molecule has 1 amide bonds. The molecular weight excluding hydrogens is 386 g/mol. The van der Waals surface area contributed by atoms with Gasteiger partial charge < -0.3 is 20.9 Å². The van der Waals surface area contributed by atoms with E-state index in [9.17, 15) is 14.7 Å². The number of hydrogen-bond acceptors (Lipinski definition) is 6. The number of alkyl carbamates (subject to hydrolysis) is 1. The summed E-state index contributed by atoms with van der Waals surface area (Å²) in [6.45, 7) is 6.22. The van der Waals surface area contributed by atoms with E-state index in [1.165, 1.54) is 0 Å². The maximum absolute atomic E-state index is 11.8. The summed E-state index contributed by atoms with van der Waals surface area (Å²) in [6.07, 6.45) is 2.76. The van der Waals surface area contributed by atoms with E-state index >= 15 is 0 Å². The van der Waals surface area contributed by atoms with Crippen molar-refractivity contribution < 1.29 is 19.4 Å². The summed E-state index contributed by atoms with van der Waals surface area (Å²) in [5, 5.41) is 16.4. The van der Waals surface area contributed by atoms with Gasteiger partial charge in [-0.25, -0.2) is 14.6 Å². The number of aromatic nitrogens is 2. The summed E-state index contributed by atoms with van der Waals surface area (Å²) in [5.74, 6) is -0.792. The molecule has 0 spiro atoms. The number of carbonyl (C=O) groups excluding carboxylic acids is 1. The van der Waals surface area contributed by atoms with Crippen molar-refractivity contribution >= 4 is 29.7 Å². The van der Waals surface area contributed by atoms with E-state index in [1.54, 1.807) is 17.0 Å². The Morgan fingerprint density at radius 3 is 2.53 bits per heavy atom. The highest BCUT2D eigenvalue weighted by molar-refractivity contribution is 6.01. The van der Waals surface area contributed by atoms with E-state index in [0.717, 1.165) is 11.1 Å². The van der Waals surface area contributed by atoms with Crippen molar-refractivity contribution in [1.29, 1.82) is 0 Å². The zero-order chi connectivity index (χ0) is 21.9. The Bertz CT molecular complexity index is 1010. The molecule has 0 saturated heterocycles. The molecular formula is C21H25N5O4. The number of fused-ring (bicyclic) bond motifs is 1. The van der Waals surface area contributed by atoms with Gasteiger partial charge in [0.1, 0.15) is 17.1 Å². The molecule has 9 heteroatoms. The first-order valence-corrected chi connectivity index (χ1v) is 9.48. The lowest BCUT2D eigenvalue weighted by atomic mass is 10.1. The Morgan fingerprint density at radius 2 is 1.90 bits per heavy atom. The van der Waals surface area contributed by atoms with Crippen molar-refractivity contribution in [1.82, 2.24) is 15.1 Å². The van der Waals surface area contributed by atoms with Crippen molar-refractivity contribution in [3.63, 3.8) is 0 Å². The number of hydrogen-bond donors (Lipinski definition) is 3. The Morgan fingerprint density at radius 1 is 1.23 bits per heavy atom. The van der Waals surface area contributed by atoms with Crippen molar-refractivity contribution in [2.24, 2.45) is 10.7 Å². The van der Waals surface area contributed by atoms with Crippen LogP contribution in [0.5, 0.6) is 0 Å². The van der Waals surface area contributed by atoms with Gasteiger partial charge in [0.05, 0.1) is 18.4 Å². The monoisotopic (exact) mass is 411 g/mol. The van der Waals surface area contributed by atoms with E-state index in [0.29, 0.717) is 24.5 Å². The topological polar surface area (TPSA) is 132 Å². The zero-order valence-electron chi connectivity index (χ0n) is 17.2. The highest BCUT2D eigenvalue weighted by atomic mass is 16.6. The smallest absolute Gasteiger partial charge is 0.407 e. The van der Waals surface area contributed by atoms with E-state index in [-0.39, 0.29) is 17.8 Å². The number of rotatable bonds is 5. The molecule has 2 aromatic rings. The number of carboxylic acids is 1. The molecule has 1 aromatic carbocycles. The van der Waals surface area contributed by atoms with Gasteiger partial charge in [0.15, 0.2) is 0 Å². The lowest BCUT2D eigenvalue weighted by molar-refractivity contribution is -0.132. The third-order valence-electron chi connectivity index (χ3n) is 4.27. The van der Waals surface area contributed by atoms with E-state index in [1.807, 2.05) is 45.0 Å². The van der Waals surface area contributed by atoms with Crippen molar-refractivity contribution in [2.75, 3.05) is 0 Å². The molecule has 0 aliphatic carbocycles. The molecule has 4 N–H and O–H groups in total. The second kappa shape index (κ2) is 8.40. The predicted molar refractivity (Wildman–Crippen MR) is 112 cm³/mol. The molecule has 30 heavy (non-hydrogen) atoms. The van der Waals surface area contributed by atoms with Crippen LogP contribution in [0.3, 0.4) is 0 Å². The van der Waals surface area contributed by atoms with Crippen molar-refractivity contribution in [3.8, 4) is 0 Å². The minimum atomic E-state index is -1.03. The van der Waals surface area contributed by atoms with Crippen LogP contribution in [0.25, 0.3) is 6.08 Å². The number of benzene rings is 1. The molecule has 0 saturated carbocycles. The highest BCUT2D eigenvalue weighted by Crippen LogP contribution is 2.26. The third-order valence-corrected chi connectivity index (χ3v) is 4.27. The Hall–Kier alpha value is -3.62. The quantitative estimate of drug-likeness (QED) is 0.693. The van der Waals surface area contributed by atoms with Gasteiger partial charge in [0.25, 0.3) is 0 Å². The number of amides is 1. The average Bonchev–Trinajstić information content (AvgIpc) is 2.90. The minimum absolute atomic E-state index is 0.0867.